The minimum Gasteiger partial charge on any atom is -0.374 e. The third-order valence-corrected chi connectivity index (χ3v) is 3.98. The maximum Gasteiger partial charge on any atom is 0.252 e. The molecule has 1 unspecified atom stereocenters. The normalized spacial score (nSPS) is 19.6. The molecule has 1 atom stereocenters. The Bertz CT molecular complexity index is 431. The van der Waals surface area contributed by atoms with E-state index in [0.29, 0.717) is 18.7 Å². The largest absolute Gasteiger partial charge is 0.374 e. The summed E-state index contributed by atoms with van der Waals surface area (Å²) in [5.41, 5.74) is 1.72. The molecule has 2 N–H and O–H groups in total. The van der Waals surface area contributed by atoms with E-state index in [4.69, 9.17) is 4.74 Å². The molecule has 1 aliphatic heterocycles. The van der Waals surface area contributed by atoms with E-state index in [9.17, 15) is 4.79 Å². The van der Waals surface area contributed by atoms with Crippen molar-refractivity contribution in [2.75, 3.05) is 26.2 Å². The molecule has 1 heterocycles. The summed E-state index contributed by atoms with van der Waals surface area (Å²) >= 11 is 3.44. The summed E-state index contributed by atoms with van der Waals surface area (Å²) < 4.78 is 6.38. The van der Waals surface area contributed by atoms with Crippen molar-refractivity contribution < 1.29 is 9.53 Å². The number of hydrogen-bond donors (Lipinski definition) is 2. The lowest BCUT2D eigenvalue weighted by Crippen LogP contribution is -2.45. The Labute approximate surface area is 115 Å². The fraction of sp³-hybridized carbons (Fsp3) is 0.462. The number of benzene rings is 1. The Balaban J connectivity index is 1.93. The summed E-state index contributed by atoms with van der Waals surface area (Å²) in [6.45, 7) is 4.87. The molecule has 1 fully saturated rings. The minimum absolute atomic E-state index is 0.0614. The molecule has 0 spiro atoms. The van der Waals surface area contributed by atoms with Gasteiger partial charge in [-0.05, 0) is 34.5 Å². The predicted octanol–water partition coefficient (Wildman–Crippen LogP) is 1.48. The van der Waals surface area contributed by atoms with Gasteiger partial charge >= 0.3 is 0 Å². The first-order valence-electron chi connectivity index (χ1n) is 6.04. The smallest absolute Gasteiger partial charge is 0.252 e. The summed E-state index contributed by atoms with van der Waals surface area (Å²) in [5.74, 6) is -0.0697. The average molecular weight is 313 g/mol. The van der Waals surface area contributed by atoms with Gasteiger partial charge in [0.15, 0.2) is 0 Å². The first-order chi connectivity index (χ1) is 8.68. The number of carbonyl (C=O) groups excluding carboxylic acids is 1. The highest BCUT2D eigenvalue weighted by Gasteiger charge is 2.16. The lowest BCUT2D eigenvalue weighted by atomic mass is 10.1. The van der Waals surface area contributed by atoms with Gasteiger partial charge in [-0.15, -0.1) is 0 Å². The second-order valence-electron chi connectivity index (χ2n) is 4.34. The Morgan fingerprint density at radius 1 is 1.61 bits per heavy atom. The number of nitrogens with one attached hydrogen (secondary N) is 2. The van der Waals surface area contributed by atoms with Crippen LogP contribution < -0.4 is 10.6 Å². The quantitative estimate of drug-likeness (QED) is 0.889. The molecule has 0 bridgehead atoms. The van der Waals surface area contributed by atoms with Gasteiger partial charge in [0.2, 0.25) is 0 Å². The summed E-state index contributed by atoms with van der Waals surface area (Å²) in [5, 5.41) is 6.14. The first-order valence-corrected chi connectivity index (χ1v) is 6.83. The number of ether oxygens (including phenoxy) is 1. The summed E-state index contributed by atoms with van der Waals surface area (Å²) in [6.07, 6.45) is 0.0614. The maximum atomic E-state index is 12.0. The monoisotopic (exact) mass is 312 g/mol. The number of carbonyl (C=O) groups is 1. The molecule has 2 rings (SSSR count). The highest BCUT2D eigenvalue weighted by atomic mass is 79.9. The Kier molecular flexibility index (Phi) is 4.74. The maximum absolute atomic E-state index is 12.0. The van der Waals surface area contributed by atoms with Gasteiger partial charge in [-0.1, -0.05) is 12.1 Å². The van der Waals surface area contributed by atoms with Crippen LogP contribution in [-0.4, -0.2) is 38.3 Å². The summed E-state index contributed by atoms with van der Waals surface area (Å²) in [6, 6.07) is 5.66. The Morgan fingerprint density at radius 3 is 3.17 bits per heavy atom. The van der Waals surface area contributed by atoms with Crippen LogP contribution in [0.4, 0.5) is 0 Å². The van der Waals surface area contributed by atoms with Crippen LogP contribution in [0.2, 0.25) is 0 Å². The van der Waals surface area contributed by atoms with Gasteiger partial charge < -0.3 is 15.4 Å². The van der Waals surface area contributed by atoms with E-state index in [-0.39, 0.29) is 12.0 Å². The molecule has 98 valence electrons. The van der Waals surface area contributed by atoms with E-state index >= 15 is 0 Å². The molecule has 0 radical (unpaired) electrons. The van der Waals surface area contributed by atoms with Crippen LogP contribution >= 0.6 is 15.9 Å². The van der Waals surface area contributed by atoms with E-state index < -0.39 is 0 Å². The SMILES string of the molecule is Cc1cccc(C(=O)NCC2CNCCO2)c1Br. The molecule has 5 heteroatoms. The van der Waals surface area contributed by atoms with E-state index in [0.717, 1.165) is 23.1 Å². The molecule has 0 aliphatic carbocycles. The van der Waals surface area contributed by atoms with Gasteiger partial charge in [0.1, 0.15) is 0 Å². The van der Waals surface area contributed by atoms with Crippen LogP contribution in [0.25, 0.3) is 0 Å². The molecule has 1 amide bonds. The van der Waals surface area contributed by atoms with Crippen molar-refractivity contribution >= 4 is 21.8 Å². The molecular formula is C13H17BrN2O2. The number of aryl methyl sites for hydroxylation is 1. The van der Waals surface area contributed by atoms with Crippen molar-refractivity contribution in [2.45, 2.75) is 13.0 Å². The highest BCUT2D eigenvalue weighted by Crippen LogP contribution is 2.20. The number of amides is 1. The van der Waals surface area contributed by atoms with Gasteiger partial charge in [0, 0.05) is 24.1 Å². The molecule has 1 saturated heterocycles. The topological polar surface area (TPSA) is 50.4 Å². The second-order valence-corrected chi connectivity index (χ2v) is 5.14. The van der Waals surface area contributed by atoms with Crippen molar-refractivity contribution in [2.24, 2.45) is 0 Å². The fourth-order valence-corrected chi connectivity index (χ4v) is 2.32. The molecule has 1 aromatic rings. The molecule has 0 aromatic heterocycles. The van der Waals surface area contributed by atoms with Gasteiger partial charge in [0.25, 0.3) is 5.91 Å². The average Bonchev–Trinajstić information content (AvgIpc) is 2.40. The third-order valence-electron chi connectivity index (χ3n) is 2.93. The molecular weight excluding hydrogens is 296 g/mol. The van der Waals surface area contributed by atoms with Crippen molar-refractivity contribution in [3.8, 4) is 0 Å². The van der Waals surface area contributed by atoms with Crippen LogP contribution in [0.15, 0.2) is 22.7 Å². The zero-order chi connectivity index (χ0) is 13.0. The molecule has 1 aromatic carbocycles. The number of rotatable bonds is 3. The molecule has 4 nitrogen and oxygen atoms in total. The van der Waals surface area contributed by atoms with Crippen LogP contribution in [0.5, 0.6) is 0 Å². The van der Waals surface area contributed by atoms with Crippen LogP contribution in [0.1, 0.15) is 15.9 Å². The Hall–Kier alpha value is -0.910. The zero-order valence-corrected chi connectivity index (χ0v) is 11.9. The standard InChI is InChI=1S/C13H17BrN2O2/c1-9-3-2-4-11(12(9)14)13(17)16-8-10-7-15-5-6-18-10/h2-4,10,15H,5-8H2,1H3,(H,16,17). The number of halogens is 1. The van der Waals surface area contributed by atoms with E-state index in [2.05, 4.69) is 26.6 Å². The molecule has 0 saturated carbocycles. The second kappa shape index (κ2) is 6.31. The lowest BCUT2D eigenvalue weighted by Gasteiger charge is -2.23. The van der Waals surface area contributed by atoms with E-state index in [1.54, 1.807) is 0 Å². The van der Waals surface area contributed by atoms with Crippen molar-refractivity contribution in [1.29, 1.82) is 0 Å². The van der Waals surface area contributed by atoms with E-state index in [1.807, 2.05) is 25.1 Å². The fourth-order valence-electron chi connectivity index (χ4n) is 1.88. The van der Waals surface area contributed by atoms with Gasteiger partial charge in [-0.2, -0.15) is 0 Å². The summed E-state index contributed by atoms with van der Waals surface area (Å²) in [4.78, 5) is 12.0. The number of hydrogen-bond acceptors (Lipinski definition) is 3. The van der Waals surface area contributed by atoms with Crippen molar-refractivity contribution in [1.82, 2.24) is 10.6 Å². The van der Waals surface area contributed by atoms with Crippen molar-refractivity contribution in [3.05, 3.63) is 33.8 Å². The minimum atomic E-state index is -0.0697. The zero-order valence-electron chi connectivity index (χ0n) is 10.3. The van der Waals surface area contributed by atoms with Crippen LogP contribution in [0.3, 0.4) is 0 Å². The predicted molar refractivity (Wildman–Crippen MR) is 73.8 cm³/mol. The third kappa shape index (κ3) is 3.31. The first kappa shape index (κ1) is 13.5. The molecule has 1 aliphatic rings. The van der Waals surface area contributed by atoms with Gasteiger partial charge in [-0.3, -0.25) is 4.79 Å². The van der Waals surface area contributed by atoms with Crippen LogP contribution in [0, 0.1) is 6.92 Å². The Morgan fingerprint density at radius 2 is 2.44 bits per heavy atom. The van der Waals surface area contributed by atoms with Gasteiger partial charge in [0.05, 0.1) is 18.3 Å². The highest BCUT2D eigenvalue weighted by molar-refractivity contribution is 9.10. The van der Waals surface area contributed by atoms with E-state index in [1.165, 1.54) is 0 Å². The summed E-state index contributed by atoms with van der Waals surface area (Å²) in [7, 11) is 0. The van der Waals surface area contributed by atoms with Crippen LogP contribution in [-0.2, 0) is 4.74 Å². The molecule has 18 heavy (non-hydrogen) atoms. The van der Waals surface area contributed by atoms with Gasteiger partial charge in [-0.25, -0.2) is 0 Å². The lowest BCUT2D eigenvalue weighted by molar-refractivity contribution is 0.0287. The number of morpholine rings is 1. The van der Waals surface area contributed by atoms with Crippen molar-refractivity contribution in [3.63, 3.8) is 0 Å².